The Hall–Kier alpha value is -3.37. The number of benzene rings is 1. The fraction of sp³-hybridized carbons (Fsp3) is 0.694. The fourth-order valence-electron chi connectivity index (χ4n) is 8.64. The number of rotatable bonds is 2. The van der Waals surface area contributed by atoms with Gasteiger partial charge in [0.2, 0.25) is 11.8 Å². The van der Waals surface area contributed by atoms with Gasteiger partial charge in [-0.15, -0.1) is 0 Å². The van der Waals surface area contributed by atoms with Crippen LogP contribution in [0.2, 0.25) is 0 Å². The predicted molar refractivity (Wildman–Crippen MR) is 168 cm³/mol. The Balaban J connectivity index is 1.31. The minimum absolute atomic E-state index is 0.0208. The van der Waals surface area contributed by atoms with Crippen LogP contribution >= 0.6 is 0 Å². The summed E-state index contributed by atoms with van der Waals surface area (Å²) in [4.78, 5) is 50.7. The number of hydrogen-bond donors (Lipinski definition) is 0. The lowest BCUT2D eigenvalue weighted by Gasteiger charge is -2.34. The van der Waals surface area contributed by atoms with Crippen molar-refractivity contribution in [1.82, 2.24) is 14.9 Å². The first-order valence-electron chi connectivity index (χ1n) is 17.1. The number of hydrogen-bond acceptors (Lipinski definition) is 8. The average molecular weight is 654 g/mol. The highest BCUT2D eigenvalue weighted by molar-refractivity contribution is 5.87. The lowest BCUT2D eigenvalue weighted by Crippen LogP contribution is -2.46. The maximum absolute atomic E-state index is 16.9. The van der Waals surface area contributed by atoms with Crippen molar-refractivity contribution >= 4 is 29.2 Å². The summed E-state index contributed by atoms with van der Waals surface area (Å²) >= 11 is 0. The van der Waals surface area contributed by atoms with E-state index in [1.165, 1.54) is 12.0 Å². The van der Waals surface area contributed by atoms with Gasteiger partial charge in [-0.1, -0.05) is 34.1 Å². The number of methoxy groups -OCH3 is 1. The Kier molecular flexibility index (Phi) is 7.78. The van der Waals surface area contributed by atoms with Gasteiger partial charge in [0.05, 0.1) is 43.1 Å². The molecule has 3 aliphatic carbocycles. The number of carbonyl (C=O) groups is 3. The van der Waals surface area contributed by atoms with Crippen LogP contribution in [0.3, 0.4) is 0 Å². The van der Waals surface area contributed by atoms with Crippen LogP contribution in [0.4, 0.5) is 8.78 Å². The van der Waals surface area contributed by atoms with E-state index in [0.29, 0.717) is 67.0 Å². The summed E-state index contributed by atoms with van der Waals surface area (Å²) in [5.74, 6) is -4.09. The van der Waals surface area contributed by atoms with E-state index in [0.717, 1.165) is 12.8 Å². The van der Waals surface area contributed by atoms with Crippen molar-refractivity contribution in [3.8, 4) is 11.6 Å². The molecule has 1 aromatic heterocycles. The molecular formula is C36H45F2N3O6. The minimum atomic E-state index is -3.34. The van der Waals surface area contributed by atoms with Crippen molar-refractivity contribution in [2.45, 2.75) is 103 Å². The third kappa shape index (κ3) is 5.55. The maximum atomic E-state index is 16.9. The van der Waals surface area contributed by atoms with Crippen molar-refractivity contribution < 1.29 is 37.4 Å². The molecule has 5 aliphatic rings. The quantitative estimate of drug-likeness (QED) is 0.283. The molecule has 9 nitrogen and oxygen atoms in total. The second-order valence-electron chi connectivity index (χ2n) is 15.8. The summed E-state index contributed by atoms with van der Waals surface area (Å²) in [6.07, 6.45) is 3.74. The van der Waals surface area contributed by atoms with Gasteiger partial charge in [0.15, 0.2) is 5.69 Å². The van der Waals surface area contributed by atoms with Gasteiger partial charge in [0.1, 0.15) is 24.2 Å². The third-order valence-electron chi connectivity index (χ3n) is 11.9. The number of fused-ring (bicyclic) bond motifs is 7. The zero-order valence-electron chi connectivity index (χ0n) is 27.8. The number of aromatic nitrogens is 2. The van der Waals surface area contributed by atoms with Gasteiger partial charge < -0.3 is 23.9 Å². The molecular weight excluding hydrogens is 608 g/mol. The number of aldehydes is 1. The van der Waals surface area contributed by atoms with E-state index < -0.39 is 52.4 Å². The molecule has 3 heterocycles. The number of nitrogens with zero attached hydrogens (tertiary/aromatic N) is 3. The molecule has 11 heteroatoms. The highest BCUT2D eigenvalue weighted by Gasteiger charge is 2.65. The van der Waals surface area contributed by atoms with Crippen LogP contribution in [0, 0.1) is 40.4 Å². The van der Waals surface area contributed by atoms with Crippen molar-refractivity contribution in [2.75, 3.05) is 13.7 Å². The second kappa shape index (κ2) is 11.4. The van der Waals surface area contributed by atoms with Crippen LogP contribution in [0.1, 0.15) is 84.8 Å². The van der Waals surface area contributed by atoms with Gasteiger partial charge in [0, 0.05) is 17.4 Å². The molecule has 8 atom stereocenters. The molecule has 1 spiro atoms. The number of halogens is 2. The Bertz CT molecular complexity index is 1590. The highest BCUT2D eigenvalue weighted by Crippen LogP contribution is 2.65. The Morgan fingerprint density at radius 1 is 1.02 bits per heavy atom. The molecule has 2 unspecified atom stereocenters. The van der Waals surface area contributed by atoms with Crippen molar-refractivity contribution in [3.05, 3.63) is 23.9 Å². The summed E-state index contributed by atoms with van der Waals surface area (Å²) < 4.78 is 51.5. The molecule has 4 fully saturated rings. The first-order valence-corrected chi connectivity index (χ1v) is 17.1. The highest BCUT2D eigenvalue weighted by atomic mass is 19.3. The van der Waals surface area contributed by atoms with Crippen LogP contribution in [0.15, 0.2) is 18.2 Å². The van der Waals surface area contributed by atoms with Crippen LogP contribution in [0.25, 0.3) is 11.0 Å². The van der Waals surface area contributed by atoms with E-state index in [1.807, 2.05) is 20.8 Å². The summed E-state index contributed by atoms with van der Waals surface area (Å²) in [5, 5.41) is 0. The van der Waals surface area contributed by atoms with E-state index in [2.05, 4.69) is 9.97 Å². The molecule has 1 aromatic carbocycles. The zero-order chi connectivity index (χ0) is 33.5. The predicted octanol–water partition coefficient (Wildman–Crippen LogP) is 6.11. The summed E-state index contributed by atoms with van der Waals surface area (Å²) in [6.45, 7) is 7.43. The normalized spacial score (nSPS) is 34.7. The monoisotopic (exact) mass is 653 g/mol. The van der Waals surface area contributed by atoms with E-state index in [9.17, 15) is 14.4 Å². The summed E-state index contributed by atoms with van der Waals surface area (Å²) in [5.41, 5.74) is -1.74. The molecule has 2 aromatic rings. The van der Waals surface area contributed by atoms with Crippen molar-refractivity contribution in [1.29, 1.82) is 0 Å². The smallest absolute Gasteiger partial charge is 0.306 e. The third-order valence-corrected chi connectivity index (χ3v) is 11.9. The molecule has 1 amide bonds. The Labute approximate surface area is 274 Å². The maximum Gasteiger partial charge on any atom is 0.306 e. The van der Waals surface area contributed by atoms with Gasteiger partial charge >= 0.3 is 11.9 Å². The van der Waals surface area contributed by atoms with Crippen molar-refractivity contribution in [2.24, 2.45) is 40.4 Å². The van der Waals surface area contributed by atoms with Gasteiger partial charge in [-0.3, -0.25) is 9.59 Å². The lowest BCUT2D eigenvalue weighted by atomic mass is 9.77. The SMILES string of the molecule is COc1ccc2nc3c(nc2c1)O[C@H]1CN(C(=O)[C@H](C(C)(C)C)CC(=O)O[C@@H]2CC4CC4[C@H]2CCCC2(CC2)C3(F)F)[C@H](C=O)[C@@H]1C. The minimum Gasteiger partial charge on any atom is -0.497 e. The zero-order valence-corrected chi connectivity index (χ0v) is 27.8. The standard InChI is InChI=1S/C36H45F2N3O6/c1-19-27(18-42)41-17-29(19)47-32-31(39-25-9-8-21(45-5)15-26(25)40-32)36(37,38)35(11-12-35)10-6-7-22-23-13-20(23)14-28(22)46-30(43)16-24(33(41)44)34(2,3)4/h8-9,15,18-20,22-24,27-29H,6-7,10-14,16-17H2,1-5H3/t19-,20?,22+,23?,24+,27+,28+,29-/m0/s1. The van der Waals surface area contributed by atoms with Crippen LogP contribution in [-0.4, -0.2) is 64.9 Å². The topological polar surface area (TPSA) is 108 Å². The van der Waals surface area contributed by atoms with E-state index >= 15 is 8.78 Å². The molecule has 0 N–H and O–H groups in total. The van der Waals surface area contributed by atoms with Crippen molar-refractivity contribution in [3.63, 3.8) is 0 Å². The van der Waals surface area contributed by atoms with E-state index in [-0.39, 0.29) is 36.8 Å². The summed E-state index contributed by atoms with van der Waals surface area (Å²) in [7, 11) is 1.51. The number of esters is 1. The second-order valence-corrected chi connectivity index (χ2v) is 15.8. The average Bonchev–Trinajstić information content (AvgIpc) is 3.93. The van der Waals surface area contributed by atoms with Gasteiger partial charge in [-0.25, -0.2) is 9.97 Å². The van der Waals surface area contributed by atoms with Gasteiger partial charge in [0.25, 0.3) is 0 Å². The summed E-state index contributed by atoms with van der Waals surface area (Å²) in [6, 6.07) is 4.04. The molecule has 2 aliphatic heterocycles. The molecule has 1 saturated heterocycles. The molecule has 47 heavy (non-hydrogen) atoms. The van der Waals surface area contributed by atoms with Gasteiger partial charge in [-0.05, 0) is 73.8 Å². The number of alkyl halides is 2. The van der Waals surface area contributed by atoms with Crippen LogP contribution in [-0.2, 0) is 25.0 Å². The Morgan fingerprint density at radius 2 is 1.79 bits per heavy atom. The van der Waals surface area contributed by atoms with E-state index in [1.54, 1.807) is 25.1 Å². The molecule has 2 bridgehead atoms. The number of carbonyl (C=O) groups excluding carboxylic acids is 3. The number of amides is 1. The lowest BCUT2D eigenvalue weighted by molar-refractivity contribution is -0.158. The van der Waals surface area contributed by atoms with E-state index in [4.69, 9.17) is 14.2 Å². The first-order chi connectivity index (χ1) is 22.3. The van der Waals surface area contributed by atoms with Crippen LogP contribution in [0.5, 0.6) is 11.6 Å². The largest absolute Gasteiger partial charge is 0.497 e. The number of ether oxygens (including phenoxy) is 3. The first kappa shape index (κ1) is 32.2. The van der Waals surface area contributed by atoms with Crippen LogP contribution < -0.4 is 9.47 Å². The Morgan fingerprint density at radius 3 is 2.47 bits per heavy atom. The molecule has 7 rings (SSSR count). The molecule has 3 saturated carbocycles. The fourth-order valence-corrected chi connectivity index (χ4v) is 8.64. The van der Waals surface area contributed by atoms with Gasteiger partial charge in [-0.2, -0.15) is 8.78 Å². The molecule has 0 radical (unpaired) electrons. The molecule has 254 valence electrons.